The van der Waals surface area contributed by atoms with E-state index in [1.165, 1.54) is 31.3 Å². The van der Waals surface area contributed by atoms with Crippen LogP contribution in [-0.2, 0) is 24.8 Å². The quantitative estimate of drug-likeness (QED) is 0.754. The Morgan fingerprint density at radius 3 is 1.86 bits per heavy atom. The molecule has 1 saturated heterocycles. The number of nitrogens with one attached hydrogen (secondary N) is 1. The second-order valence-corrected chi connectivity index (χ2v) is 10.1. The molecule has 28 heavy (non-hydrogen) atoms. The smallest absolute Gasteiger partial charge is 0.243 e. The molecule has 0 radical (unpaired) electrons. The highest BCUT2D eigenvalue weighted by Crippen LogP contribution is 2.25. The molecule has 1 aliphatic heterocycles. The Labute approximate surface area is 164 Å². The molecule has 0 bridgehead atoms. The highest BCUT2D eigenvalue weighted by Gasteiger charge is 2.43. The van der Waals surface area contributed by atoms with Gasteiger partial charge in [0.15, 0.2) is 0 Å². The zero-order valence-electron chi connectivity index (χ0n) is 15.2. The Morgan fingerprint density at radius 2 is 1.36 bits per heavy atom. The highest BCUT2D eigenvalue weighted by molar-refractivity contribution is 7.89. The standard InChI is InChI=1S/C18H21N3O5S2/c1-19-18(22)17-14-20(27(23,24)15-8-4-2-5-9-15)12-13-21(17)28(25,26)16-10-6-3-7-11-16/h2-11,17H,12-14H2,1H3,(H,19,22). The van der Waals surface area contributed by atoms with E-state index in [4.69, 9.17) is 0 Å². The van der Waals surface area contributed by atoms with Crippen LogP contribution in [0.5, 0.6) is 0 Å². The molecule has 150 valence electrons. The second-order valence-electron chi connectivity index (χ2n) is 6.23. The molecule has 10 heteroatoms. The summed E-state index contributed by atoms with van der Waals surface area (Å²) < 4.78 is 54.1. The summed E-state index contributed by atoms with van der Waals surface area (Å²) in [5, 5.41) is 2.43. The van der Waals surface area contributed by atoms with Crippen LogP contribution in [0, 0.1) is 0 Å². The molecule has 1 unspecified atom stereocenters. The van der Waals surface area contributed by atoms with Crippen LogP contribution in [-0.4, -0.2) is 64.1 Å². The first-order valence-corrected chi connectivity index (χ1v) is 11.5. The molecule has 1 atom stereocenters. The van der Waals surface area contributed by atoms with E-state index >= 15 is 0 Å². The summed E-state index contributed by atoms with van der Waals surface area (Å²) in [6.07, 6.45) is 0. The summed E-state index contributed by atoms with van der Waals surface area (Å²) in [6.45, 7) is -0.429. The summed E-state index contributed by atoms with van der Waals surface area (Å²) in [6, 6.07) is 14.5. The number of hydrogen-bond acceptors (Lipinski definition) is 5. The first-order valence-electron chi connectivity index (χ1n) is 8.62. The first kappa shape index (κ1) is 20.5. The van der Waals surface area contributed by atoms with E-state index in [0.29, 0.717) is 0 Å². The molecular formula is C18H21N3O5S2. The molecule has 1 N–H and O–H groups in total. The monoisotopic (exact) mass is 423 g/mol. The molecular weight excluding hydrogens is 402 g/mol. The maximum atomic E-state index is 13.0. The third-order valence-corrected chi connectivity index (χ3v) is 8.38. The van der Waals surface area contributed by atoms with E-state index < -0.39 is 32.0 Å². The van der Waals surface area contributed by atoms with Crippen LogP contribution in [0.4, 0.5) is 0 Å². The fraction of sp³-hybridized carbons (Fsp3) is 0.278. The lowest BCUT2D eigenvalue weighted by Crippen LogP contribution is -2.61. The fourth-order valence-electron chi connectivity index (χ4n) is 3.10. The molecule has 1 aliphatic rings. The van der Waals surface area contributed by atoms with Crippen molar-refractivity contribution in [2.45, 2.75) is 15.8 Å². The molecule has 0 spiro atoms. The Hall–Kier alpha value is -2.27. The largest absolute Gasteiger partial charge is 0.358 e. The molecule has 1 amide bonds. The van der Waals surface area contributed by atoms with Crippen molar-refractivity contribution in [3.05, 3.63) is 60.7 Å². The zero-order valence-corrected chi connectivity index (χ0v) is 16.9. The van der Waals surface area contributed by atoms with Gasteiger partial charge in [-0.25, -0.2) is 16.8 Å². The van der Waals surface area contributed by atoms with Crippen molar-refractivity contribution in [1.29, 1.82) is 0 Å². The van der Waals surface area contributed by atoms with Gasteiger partial charge in [-0.05, 0) is 24.3 Å². The van der Waals surface area contributed by atoms with Gasteiger partial charge in [0.2, 0.25) is 26.0 Å². The third-order valence-electron chi connectivity index (χ3n) is 4.57. The van der Waals surface area contributed by atoms with E-state index in [-0.39, 0.29) is 29.4 Å². The van der Waals surface area contributed by atoms with Crippen LogP contribution in [0.15, 0.2) is 70.5 Å². The van der Waals surface area contributed by atoms with Gasteiger partial charge in [0, 0.05) is 26.7 Å². The van der Waals surface area contributed by atoms with E-state index in [0.717, 1.165) is 8.61 Å². The van der Waals surface area contributed by atoms with Gasteiger partial charge in [-0.1, -0.05) is 36.4 Å². The van der Waals surface area contributed by atoms with Gasteiger partial charge >= 0.3 is 0 Å². The molecule has 1 fully saturated rings. The van der Waals surface area contributed by atoms with Gasteiger partial charge in [0.1, 0.15) is 6.04 Å². The van der Waals surface area contributed by atoms with E-state index in [2.05, 4.69) is 5.32 Å². The topological polar surface area (TPSA) is 104 Å². The predicted molar refractivity (Wildman–Crippen MR) is 103 cm³/mol. The summed E-state index contributed by atoms with van der Waals surface area (Å²) in [5.74, 6) is -0.563. The SMILES string of the molecule is CNC(=O)C1CN(S(=O)(=O)c2ccccc2)CCN1S(=O)(=O)c1ccccc1. The summed E-state index contributed by atoms with van der Waals surface area (Å²) >= 11 is 0. The van der Waals surface area contributed by atoms with E-state index in [1.807, 2.05) is 0 Å². The third kappa shape index (κ3) is 3.81. The van der Waals surface area contributed by atoms with Gasteiger partial charge in [0.25, 0.3) is 0 Å². The fourth-order valence-corrected chi connectivity index (χ4v) is 6.15. The van der Waals surface area contributed by atoms with Crippen molar-refractivity contribution >= 4 is 26.0 Å². The minimum absolute atomic E-state index is 0.0449. The number of nitrogens with zero attached hydrogens (tertiary/aromatic N) is 2. The number of rotatable bonds is 5. The number of benzene rings is 2. The maximum Gasteiger partial charge on any atom is 0.243 e. The van der Waals surface area contributed by atoms with Crippen molar-refractivity contribution in [2.24, 2.45) is 0 Å². The lowest BCUT2D eigenvalue weighted by molar-refractivity contribution is -0.125. The predicted octanol–water partition coefficient (Wildman–Crippen LogP) is 0.496. The molecule has 8 nitrogen and oxygen atoms in total. The van der Waals surface area contributed by atoms with E-state index in [9.17, 15) is 21.6 Å². The van der Waals surface area contributed by atoms with E-state index in [1.54, 1.807) is 36.4 Å². The summed E-state index contributed by atoms with van der Waals surface area (Å²) in [4.78, 5) is 12.6. The van der Waals surface area contributed by atoms with Crippen LogP contribution in [0.1, 0.15) is 0 Å². The van der Waals surface area contributed by atoms with Gasteiger partial charge in [-0.2, -0.15) is 8.61 Å². The van der Waals surface area contributed by atoms with Crippen LogP contribution in [0.3, 0.4) is 0 Å². The zero-order chi connectivity index (χ0) is 20.4. The van der Waals surface area contributed by atoms with Gasteiger partial charge < -0.3 is 5.32 Å². The molecule has 2 aromatic rings. The summed E-state index contributed by atoms with van der Waals surface area (Å²) in [5.41, 5.74) is 0. The average Bonchev–Trinajstić information content (AvgIpc) is 2.74. The van der Waals surface area contributed by atoms with Gasteiger partial charge in [-0.3, -0.25) is 4.79 Å². The molecule has 2 aromatic carbocycles. The average molecular weight is 424 g/mol. The van der Waals surface area contributed by atoms with Gasteiger partial charge in [-0.15, -0.1) is 0 Å². The summed E-state index contributed by atoms with van der Waals surface area (Å²) in [7, 11) is -6.40. The number of likely N-dealkylation sites (N-methyl/N-ethyl adjacent to an activating group) is 1. The number of hydrogen-bond donors (Lipinski definition) is 1. The van der Waals surface area contributed by atoms with Gasteiger partial charge in [0.05, 0.1) is 9.79 Å². The van der Waals surface area contributed by atoms with Crippen LogP contribution < -0.4 is 5.32 Å². The molecule has 0 aliphatic carbocycles. The first-order chi connectivity index (χ1) is 13.3. The second kappa shape index (κ2) is 8.00. The Balaban J connectivity index is 1.94. The van der Waals surface area contributed by atoms with Crippen LogP contribution in [0.25, 0.3) is 0 Å². The number of carbonyl (C=O) groups excluding carboxylic acids is 1. The van der Waals surface area contributed by atoms with Crippen molar-refractivity contribution < 1.29 is 21.6 Å². The van der Waals surface area contributed by atoms with Crippen LogP contribution in [0.2, 0.25) is 0 Å². The Morgan fingerprint density at radius 1 is 0.857 bits per heavy atom. The van der Waals surface area contributed by atoms with Crippen molar-refractivity contribution in [3.63, 3.8) is 0 Å². The molecule has 1 heterocycles. The van der Waals surface area contributed by atoms with Crippen molar-refractivity contribution in [1.82, 2.24) is 13.9 Å². The number of sulfonamides is 2. The number of piperazine rings is 1. The molecule has 0 saturated carbocycles. The Kier molecular flexibility index (Phi) is 5.84. The Bertz CT molecular complexity index is 1040. The van der Waals surface area contributed by atoms with Crippen molar-refractivity contribution in [3.8, 4) is 0 Å². The minimum Gasteiger partial charge on any atom is -0.358 e. The van der Waals surface area contributed by atoms with Crippen molar-refractivity contribution in [2.75, 3.05) is 26.7 Å². The number of carbonyl (C=O) groups is 1. The lowest BCUT2D eigenvalue weighted by atomic mass is 10.2. The highest BCUT2D eigenvalue weighted by atomic mass is 32.2. The number of amides is 1. The molecule has 3 rings (SSSR count). The maximum absolute atomic E-state index is 13.0. The van der Waals surface area contributed by atoms with Crippen LogP contribution >= 0.6 is 0 Å². The lowest BCUT2D eigenvalue weighted by Gasteiger charge is -2.38. The normalized spacial score (nSPS) is 19.2. The minimum atomic E-state index is -3.95. The molecule has 0 aromatic heterocycles.